The minimum Gasteiger partial charge on any atom is -0.369 e. The second-order valence-corrected chi connectivity index (χ2v) is 6.86. The number of likely N-dealkylation sites (N-methyl/N-ethyl adjacent to an activating group) is 1. The van der Waals surface area contributed by atoms with E-state index in [1.165, 1.54) is 37.5 Å². The summed E-state index contributed by atoms with van der Waals surface area (Å²) in [4.78, 5) is 26.0. The third-order valence-electron chi connectivity index (χ3n) is 5.07. The van der Waals surface area contributed by atoms with E-state index in [9.17, 15) is 18.0 Å². The molecule has 1 aliphatic rings. The standard InChI is InChI=1S/C21H15F4N5O/c1-30-19(31)21(29-20(30)26,16-10-12(17(23)24)6-8-27-16)14-9-11(4-5-15(14)22)13-3-2-7-28-18(13)25/h2-10,17H,1H3,(H2,26,29). The van der Waals surface area contributed by atoms with E-state index in [-0.39, 0.29) is 28.3 Å². The zero-order valence-corrected chi connectivity index (χ0v) is 16.1. The van der Waals surface area contributed by atoms with Gasteiger partial charge in [0, 0.05) is 36.1 Å². The highest BCUT2D eigenvalue weighted by atomic mass is 19.3. The Kier molecular flexibility index (Phi) is 4.92. The lowest BCUT2D eigenvalue weighted by Crippen LogP contribution is -2.42. The molecule has 3 aromatic rings. The van der Waals surface area contributed by atoms with Gasteiger partial charge >= 0.3 is 0 Å². The Bertz CT molecular complexity index is 1220. The summed E-state index contributed by atoms with van der Waals surface area (Å²) in [5.74, 6) is -2.69. The van der Waals surface area contributed by atoms with Crippen LogP contribution in [-0.2, 0) is 10.3 Å². The molecule has 0 aliphatic carbocycles. The normalized spacial score (nSPS) is 18.6. The zero-order valence-electron chi connectivity index (χ0n) is 16.1. The van der Waals surface area contributed by atoms with Crippen LogP contribution < -0.4 is 5.73 Å². The Balaban J connectivity index is 2.01. The highest BCUT2D eigenvalue weighted by Crippen LogP contribution is 2.41. The summed E-state index contributed by atoms with van der Waals surface area (Å²) in [5, 5.41) is 0. The van der Waals surface area contributed by atoms with Gasteiger partial charge in [-0.15, -0.1) is 0 Å². The largest absolute Gasteiger partial charge is 0.369 e. The van der Waals surface area contributed by atoms with Crippen molar-refractivity contribution in [2.75, 3.05) is 7.05 Å². The molecule has 2 N–H and O–H groups in total. The van der Waals surface area contributed by atoms with Crippen molar-refractivity contribution in [2.24, 2.45) is 10.7 Å². The third kappa shape index (κ3) is 3.20. The summed E-state index contributed by atoms with van der Waals surface area (Å²) in [6.45, 7) is 0. The van der Waals surface area contributed by atoms with Crippen molar-refractivity contribution in [3.8, 4) is 11.1 Å². The highest BCUT2D eigenvalue weighted by molar-refractivity contribution is 6.08. The minimum absolute atomic E-state index is 0.0592. The van der Waals surface area contributed by atoms with Gasteiger partial charge in [0.05, 0.1) is 5.69 Å². The molecule has 0 saturated heterocycles. The van der Waals surface area contributed by atoms with E-state index in [4.69, 9.17) is 5.73 Å². The van der Waals surface area contributed by atoms with Crippen molar-refractivity contribution < 1.29 is 22.4 Å². The number of amides is 1. The molecule has 0 bridgehead atoms. The molecule has 4 rings (SSSR count). The number of pyridine rings is 2. The van der Waals surface area contributed by atoms with Crippen molar-refractivity contribution in [1.82, 2.24) is 14.9 Å². The molecular formula is C21H15F4N5O. The Morgan fingerprint density at radius 3 is 2.48 bits per heavy atom. The smallest absolute Gasteiger partial charge is 0.268 e. The fourth-order valence-electron chi connectivity index (χ4n) is 3.47. The third-order valence-corrected chi connectivity index (χ3v) is 5.07. The predicted octanol–water partition coefficient (Wildman–Crippen LogP) is 3.39. The molecule has 1 aliphatic heterocycles. The Hall–Kier alpha value is -3.82. The van der Waals surface area contributed by atoms with Gasteiger partial charge in [-0.05, 0) is 42.0 Å². The molecule has 10 heteroatoms. The molecule has 3 heterocycles. The molecule has 0 radical (unpaired) electrons. The summed E-state index contributed by atoms with van der Waals surface area (Å²) in [6, 6.07) is 8.56. The van der Waals surface area contributed by atoms with Gasteiger partial charge in [-0.1, -0.05) is 6.07 Å². The molecule has 1 aromatic carbocycles. The van der Waals surface area contributed by atoms with E-state index >= 15 is 4.39 Å². The molecule has 1 atom stereocenters. The Morgan fingerprint density at radius 2 is 1.84 bits per heavy atom. The summed E-state index contributed by atoms with van der Waals surface area (Å²) in [7, 11) is 1.32. The predicted molar refractivity (Wildman–Crippen MR) is 104 cm³/mol. The van der Waals surface area contributed by atoms with Gasteiger partial charge in [-0.3, -0.25) is 14.7 Å². The summed E-state index contributed by atoms with van der Waals surface area (Å²) in [5.41, 5.74) is 2.99. The lowest BCUT2D eigenvalue weighted by Gasteiger charge is -2.26. The van der Waals surface area contributed by atoms with Crippen LogP contribution in [0.1, 0.15) is 23.2 Å². The lowest BCUT2D eigenvalue weighted by molar-refractivity contribution is -0.129. The van der Waals surface area contributed by atoms with Gasteiger partial charge in [0.2, 0.25) is 11.5 Å². The van der Waals surface area contributed by atoms with E-state index in [1.54, 1.807) is 0 Å². The fourth-order valence-corrected chi connectivity index (χ4v) is 3.47. The molecule has 2 aromatic heterocycles. The van der Waals surface area contributed by atoms with Crippen molar-refractivity contribution in [1.29, 1.82) is 0 Å². The Morgan fingerprint density at radius 1 is 1.06 bits per heavy atom. The molecular weight excluding hydrogens is 414 g/mol. The average Bonchev–Trinajstić information content (AvgIpc) is 2.99. The molecule has 0 fully saturated rings. The number of hydrogen-bond acceptors (Lipinski definition) is 5. The number of aliphatic imine (C=N–C) groups is 1. The second-order valence-electron chi connectivity index (χ2n) is 6.86. The number of nitrogens with two attached hydrogens (primary N) is 1. The van der Waals surface area contributed by atoms with Gasteiger partial charge in [0.15, 0.2) is 5.96 Å². The summed E-state index contributed by atoms with van der Waals surface area (Å²) < 4.78 is 55.9. The maximum Gasteiger partial charge on any atom is 0.268 e. The fraction of sp³-hybridized carbons (Fsp3) is 0.143. The van der Waals surface area contributed by atoms with Gasteiger partial charge in [0.1, 0.15) is 5.82 Å². The first-order valence-corrected chi connectivity index (χ1v) is 9.04. The number of halogens is 4. The highest BCUT2D eigenvalue weighted by Gasteiger charge is 2.52. The van der Waals surface area contributed by atoms with Crippen LogP contribution in [0.2, 0.25) is 0 Å². The van der Waals surface area contributed by atoms with Crippen molar-refractivity contribution >= 4 is 11.9 Å². The van der Waals surface area contributed by atoms with E-state index in [0.717, 1.165) is 29.3 Å². The van der Waals surface area contributed by atoms with Crippen LogP contribution in [0.5, 0.6) is 0 Å². The average molecular weight is 429 g/mol. The Labute approximate surface area is 174 Å². The number of nitrogens with zero attached hydrogens (tertiary/aromatic N) is 4. The number of hydrogen-bond donors (Lipinski definition) is 1. The van der Waals surface area contributed by atoms with Crippen molar-refractivity contribution in [3.05, 3.63) is 83.4 Å². The number of aromatic nitrogens is 2. The van der Waals surface area contributed by atoms with E-state index < -0.39 is 35.2 Å². The van der Waals surface area contributed by atoms with Crippen LogP contribution in [0.15, 0.2) is 59.9 Å². The molecule has 0 saturated carbocycles. The molecule has 158 valence electrons. The summed E-state index contributed by atoms with van der Waals surface area (Å²) >= 11 is 0. The molecule has 1 unspecified atom stereocenters. The van der Waals surface area contributed by atoms with Gasteiger partial charge < -0.3 is 5.73 Å². The summed E-state index contributed by atoms with van der Waals surface area (Å²) in [6.07, 6.45) is -0.515. The molecule has 6 nitrogen and oxygen atoms in total. The second kappa shape index (κ2) is 7.46. The van der Waals surface area contributed by atoms with Crippen LogP contribution in [0.25, 0.3) is 11.1 Å². The molecule has 0 spiro atoms. The number of carbonyl (C=O) groups is 1. The molecule has 31 heavy (non-hydrogen) atoms. The van der Waals surface area contributed by atoms with Gasteiger partial charge in [-0.2, -0.15) is 4.39 Å². The van der Waals surface area contributed by atoms with E-state index in [0.29, 0.717) is 0 Å². The number of guanidine groups is 1. The first-order valence-electron chi connectivity index (χ1n) is 9.04. The lowest BCUT2D eigenvalue weighted by atomic mass is 9.83. The van der Waals surface area contributed by atoms with Crippen LogP contribution in [0.3, 0.4) is 0 Å². The molecule has 1 amide bonds. The first kappa shape index (κ1) is 20.5. The van der Waals surface area contributed by atoms with Crippen molar-refractivity contribution in [2.45, 2.75) is 12.0 Å². The topological polar surface area (TPSA) is 84.5 Å². The number of alkyl halides is 2. The first-order chi connectivity index (χ1) is 14.8. The SMILES string of the molecule is CN1C(=O)C(c2cc(C(F)F)ccn2)(c2cc(-c3cccnc3F)ccc2F)N=C1N. The van der Waals surface area contributed by atoms with E-state index in [1.807, 2.05) is 0 Å². The van der Waals surface area contributed by atoms with Crippen LogP contribution in [0.4, 0.5) is 17.6 Å². The maximum atomic E-state index is 15.1. The van der Waals surface area contributed by atoms with Gasteiger partial charge in [-0.25, -0.2) is 23.1 Å². The van der Waals surface area contributed by atoms with Crippen molar-refractivity contribution in [3.63, 3.8) is 0 Å². The van der Waals surface area contributed by atoms with Gasteiger partial charge in [0.25, 0.3) is 12.3 Å². The van der Waals surface area contributed by atoms with Crippen LogP contribution in [0, 0.1) is 11.8 Å². The van der Waals surface area contributed by atoms with Crippen LogP contribution >= 0.6 is 0 Å². The minimum atomic E-state index is -2.85. The number of benzene rings is 1. The quantitative estimate of drug-likeness (QED) is 0.509. The number of carbonyl (C=O) groups excluding carboxylic acids is 1. The van der Waals surface area contributed by atoms with E-state index in [2.05, 4.69) is 15.0 Å². The number of rotatable bonds is 4. The zero-order chi connectivity index (χ0) is 22.3. The maximum absolute atomic E-state index is 15.1. The van der Waals surface area contributed by atoms with Crippen LogP contribution in [-0.4, -0.2) is 33.8 Å². The monoisotopic (exact) mass is 429 g/mol.